The molecule has 136 valence electrons. The van der Waals surface area contributed by atoms with Crippen molar-refractivity contribution in [2.24, 2.45) is 0 Å². The number of rotatable bonds is 7. The van der Waals surface area contributed by atoms with Crippen LogP contribution >= 0.6 is 0 Å². The molecule has 1 amide bonds. The smallest absolute Gasteiger partial charge is 0.269 e. The summed E-state index contributed by atoms with van der Waals surface area (Å²) in [5, 5.41) is 13.2. The second-order valence-corrected chi connectivity index (χ2v) is 5.40. The second kappa shape index (κ2) is 8.97. The van der Waals surface area contributed by atoms with Crippen molar-refractivity contribution in [3.63, 3.8) is 0 Å². The molecule has 0 bridgehead atoms. The molecule has 0 unspecified atom stereocenters. The van der Waals surface area contributed by atoms with Gasteiger partial charge in [-0.15, -0.1) is 6.42 Å². The van der Waals surface area contributed by atoms with Crippen LogP contribution in [0.5, 0.6) is 5.75 Å². The molecule has 0 saturated heterocycles. The number of carbonyl (C=O) groups is 2. The summed E-state index contributed by atoms with van der Waals surface area (Å²) in [6.45, 7) is 1.32. The summed E-state index contributed by atoms with van der Waals surface area (Å²) < 4.78 is 5.41. The first-order valence-electron chi connectivity index (χ1n) is 7.86. The fourth-order valence-electron chi connectivity index (χ4n) is 2.20. The lowest BCUT2D eigenvalue weighted by Crippen LogP contribution is -2.19. The SMILES string of the molecule is C#CCOc1ccccc1/C=C(\C(C)=O)C(=O)Nc1ccc([N+](=O)[O-])cc1. The Kier molecular flexibility index (Phi) is 6.44. The zero-order chi connectivity index (χ0) is 19.8. The minimum atomic E-state index is -0.636. The predicted molar refractivity (Wildman–Crippen MR) is 101 cm³/mol. The van der Waals surface area contributed by atoms with Gasteiger partial charge in [-0.3, -0.25) is 19.7 Å². The lowest BCUT2D eigenvalue weighted by atomic mass is 10.1. The Morgan fingerprint density at radius 3 is 2.48 bits per heavy atom. The van der Waals surface area contributed by atoms with E-state index in [0.29, 0.717) is 17.0 Å². The Labute approximate surface area is 155 Å². The van der Waals surface area contributed by atoms with Crippen molar-refractivity contribution in [3.05, 3.63) is 69.8 Å². The largest absolute Gasteiger partial charge is 0.480 e. The Morgan fingerprint density at radius 1 is 1.22 bits per heavy atom. The summed E-state index contributed by atoms with van der Waals surface area (Å²) in [5.41, 5.74) is 0.659. The van der Waals surface area contributed by atoms with Crippen molar-refractivity contribution < 1.29 is 19.2 Å². The van der Waals surface area contributed by atoms with Crippen LogP contribution in [0.15, 0.2) is 54.1 Å². The molecule has 0 heterocycles. The van der Waals surface area contributed by atoms with E-state index in [1.807, 2.05) is 0 Å². The van der Waals surface area contributed by atoms with Crippen LogP contribution in [0.4, 0.5) is 11.4 Å². The van der Waals surface area contributed by atoms with E-state index in [-0.39, 0.29) is 17.9 Å². The summed E-state index contributed by atoms with van der Waals surface area (Å²) in [6.07, 6.45) is 6.60. The van der Waals surface area contributed by atoms with Gasteiger partial charge in [0.15, 0.2) is 5.78 Å². The van der Waals surface area contributed by atoms with Gasteiger partial charge in [0.05, 0.1) is 10.5 Å². The number of nitro benzene ring substituents is 1. The monoisotopic (exact) mass is 364 g/mol. The van der Waals surface area contributed by atoms with Gasteiger partial charge in [-0.25, -0.2) is 0 Å². The fraction of sp³-hybridized carbons (Fsp3) is 0.100. The minimum absolute atomic E-state index is 0.0508. The molecule has 0 aromatic heterocycles. The maximum Gasteiger partial charge on any atom is 0.269 e. The van der Waals surface area contributed by atoms with Crippen LogP contribution in [0, 0.1) is 22.5 Å². The van der Waals surface area contributed by atoms with Crippen molar-refractivity contribution in [2.45, 2.75) is 6.92 Å². The number of Topliss-reactive ketones (excluding diaryl/α,β-unsaturated/α-hetero) is 1. The van der Waals surface area contributed by atoms with E-state index in [1.165, 1.54) is 37.3 Å². The van der Waals surface area contributed by atoms with E-state index in [4.69, 9.17) is 11.2 Å². The van der Waals surface area contributed by atoms with Gasteiger partial charge < -0.3 is 10.1 Å². The van der Waals surface area contributed by atoms with Crippen LogP contribution in [0.2, 0.25) is 0 Å². The zero-order valence-corrected chi connectivity index (χ0v) is 14.5. The highest BCUT2D eigenvalue weighted by Crippen LogP contribution is 2.22. The molecular weight excluding hydrogens is 348 g/mol. The average molecular weight is 364 g/mol. The zero-order valence-electron chi connectivity index (χ0n) is 14.5. The van der Waals surface area contributed by atoms with Gasteiger partial charge in [-0.05, 0) is 31.2 Å². The predicted octanol–water partition coefficient (Wildman–Crippen LogP) is 3.22. The summed E-state index contributed by atoms with van der Waals surface area (Å²) in [4.78, 5) is 34.6. The van der Waals surface area contributed by atoms with E-state index < -0.39 is 16.6 Å². The van der Waals surface area contributed by atoms with Crippen LogP contribution in [-0.4, -0.2) is 23.2 Å². The topological polar surface area (TPSA) is 98.5 Å². The molecule has 0 spiro atoms. The maximum absolute atomic E-state index is 12.5. The van der Waals surface area contributed by atoms with E-state index in [2.05, 4.69) is 11.2 Å². The van der Waals surface area contributed by atoms with Crippen molar-refractivity contribution in [2.75, 3.05) is 11.9 Å². The van der Waals surface area contributed by atoms with Gasteiger partial charge in [0.2, 0.25) is 0 Å². The number of nitrogens with zero attached hydrogens (tertiary/aromatic N) is 1. The molecule has 0 aliphatic carbocycles. The Morgan fingerprint density at radius 2 is 1.89 bits per heavy atom. The highest BCUT2D eigenvalue weighted by molar-refractivity contribution is 6.25. The minimum Gasteiger partial charge on any atom is -0.480 e. The number of para-hydroxylation sites is 1. The number of carbonyl (C=O) groups excluding carboxylic acids is 2. The average Bonchev–Trinajstić information content (AvgIpc) is 2.65. The Hall–Kier alpha value is -3.92. The fourth-order valence-corrected chi connectivity index (χ4v) is 2.20. The van der Waals surface area contributed by atoms with Crippen molar-refractivity contribution in [3.8, 4) is 18.1 Å². The molecule has 0 aliphatic heterocycles. The van der Waals surface area contributed by atoms with E-state index in [9.17, 15) is 19.7 Å². The molecular formula is C20H16N2O5. The van der Waals surface area contributed by atoms with E-state index in [1.54, 1.807) is 24.3 Å². The summed E-state index contributed by atoms with van der Waals surface area (Å²) in [5.74, 6) is 1.71. The molecule has 0 atom stereocenters. The van der Waals surface area contributed by atoms with E-state index in [0.717, 1.165) is 0 Å². The first kappa shape index (κ1) is 19.4. The molecule has 0 radical (unpaired) electrons. The van der Waals surface area contributed by atoms with Gasteiger partial charge in [0, 0.05) is 23.4 Å². The van der Waals surface area contributed by atoms with Crippen LogP contribution in [0.1, 0.15) is 12.5 Å². The quantitative estimate of drug-likeness (QED) is 0.203. The molecule has 7 nitrogen and oxygen atoms in total. The highest BCUT2D eigenvalue weighted by Gasteiger charge is 2.16. The molecule has 2 aromatic carbocycles. The molecule has 2 rings (SSSR count). The van der Waals surface area contributed by atoms with Crippen LogP contribution in [0.3, 0.4) is 0 Å². The molecule has 7 heteroatoms. The standard InChI is InChI=1S/C20H16N2O5/c1-3-12-27-19-7-5-4-6-15(19)13-18(14(2)23)20(24)21-16-8-10-17(11-9-16)22(25)26/h1,4-11,13H,12H2,2H3,(H,21,24)/b18-13+. The van der Waals surface area contributed by atoms with Gasteiger partial charge in [0.1, 0.15) is 12.4 Å². The van der Waals surface area contributed by atoms with Gasteiger partial charge in [-0.2, -0.15) is 0 Å². The summed E-state index contributed by atoms with van der Waals surface area (Å²) in [6, 6.07) is 12.1. The number of nitro groups is 1. The molecule has 1 N–H and O–H groups in total. The number of amides is 1. The lowest BCUT2D eigenvalue weighted by molar-refractivity contribution is -0.384. The van der Waals surface area contributed by atoms with Crippen LogP contribution < -0.4 is 10.1 Å². The maximum atomic E-state index is 12.5. The third-order valence-electron chi connectivity index (χ3n) is 3.49. The number of hydrogen-bond acceptors (Lipinski definition) is 5. The van der Waals surface area contributed by atoms with Crippen molar-refractivity contribution in [1.29, 1.82) is 0 Å². The van der Waals surface area contributed by atoms with Gasteiger partial charge in [0.25, 0.3) is 11.6 Å². The van der Waals surface area contributed by atoms with Crippen LogP contribution in [0.25, 0.3) is 6.08 Å². The highest BCUT2D eigenvalue weighted by atomic mass is 16.6. The third-order valence-corrected chi connectivity index (χ3v) is 3.49. The number of ether oxygens (including phenoxy) is 1. The molecule has 2 aromatic rings. The molecule has 0 aliphatic rings. The third kappa shape index (κ3) is 5.28. The number of benzene rings is 2. The number of anilines is 1. The first-order chi connectivity index (χ1) is 12.9. The Balaban J connectivity index is 2.28. The Bertz CT molecular complexity index is 940. The van der Waals surface area contributed by atoms with Gasteiger partial charge >= 0.3 is 0 Å². The molecule has 0 saturated carbocycles. The number of nitrogens with one attached hydrogen (secondary N) is 1. The number of non-ortho nitro benzene ring substituents is 1. The number of terminal acetylenes is 1. The normalized spacial score (nSPS) is 10.6. The summed E-state index contributed by atoms with van der Waals surface area (Å²) >= 11 is 0. The second-order valence-electron chi connectivity index (χ2n) is 5.40. The van der Waals surface area contributed by atoms with Crippen molar-refractivity contribution in [1.82, 2.24) is 0 Å². The van der Waals surface area contributed by atoms with Crippen LogP contribution in [-0.2, 0) is 9.59 Å². The molecule has 0 fully saturated rings. The lowest BCUT2D eigenvalue weighted by Gasteiger charge is -2.09. The molecule has 27 heavy (non-hydrogen) atoms. The van der Waals surface area contributed by atoms with Gasteiger partial charge in [-0.1, -0.05) is 24.1 Å². The van der Waals surface area contributed by atoms with E-state index >= 15 is 0 Å². The summed E-state index contributed by atoms with van der Waals surface area (Å²) in [7, 11) is 0. The van der Waals surface area contributed by atoms with Crippen molar-refractivity contribution >= 4 is 29.1 Å². The number of ketones is 1. The number of hydrogen-bond donors (Lipinski definition) is 1. The first-order valence-corrected chi connectivity index (χ1v) is 7.86.